The van der Waals surface area contributed by atoms with Gasteiger partial charge in [0.15, 0.2) is 0 Å². The number of carbonyl (C=O) groups excluding carboxylic acids is 1. The average Bonchev–Trinajstić information content (AvgIpc) is 1.85. The number of ether oxygens (including phenoxy) is 1. The number of esters is 1. The quantitative estimate of drug-likeness (QED) is 0.442. The molecule has 0 aromatic carbocycles. The molecule has 0 N–H and O–H groups in total. The van der Waals surface area contributed by atoms with Gasteiger partial charge in [0.05, 0.1) is 6.61 Å². The van der Waals surface area contributed by atoms with Gasteiger partial charge in [-0.05, 0) is 20.3 Å². The Hall–Kier alpha value is -0.790. The van der Waals surface area contributed by atoms with Gasteiger partial charge in [0, 0.05) is 6.42 Å². The lowest BCUT2D eigenvalue weighted by Crippen LogP contribution is -2.03. The summed E-state index contributed by atoms with van der Waals surface area (Å²) < 4.78 is 4.71. The van der Waals surface area contributed by atoms with Gasteiger partial charge in [-0.25, -0.2) is 0 Å². The van der Waals surface area contributed by atoms with E-state index in [9.17, 15) is 4.79 Å². The summed E-state index contributed by atoms with van der Waals surface area (Å²) in [5.41, 5.74) is 1.02. The number of hydrogen-bond donors (Lipinski definition) is 0. The van der Waals surface area contributed by atoms with Gasteiger partial charge in [-0.15, -0.1) is 6.58 Å². The van der Waals surface area contributed by atoms with E-state index in [2.05, 4.69) is 6.58 Å². The molecule has 0 rings (SSSR count). The van der Waals surface area contributed by atoms with Crippen molar-refractivity contribution in [3.63, 3.8) is 0 Å². The number of allylic oxidation sites excluding steroid dienone is 1. The highest BCUT2D eigenvalue weighted by molar-refractivity contribution is 5.69. The summed E-state index contributed by atoms with van der Waals surface area (Å²) in [5.74, 6) is -0.134. The first kappa shape index (κ1) is 9.21. The highest BCUT2D eigenvalue weighted by Gasteiger charge is 1.99. The normalized spacial score (nSPS) is 9.00. The summed E-state index contributed by atoms with van der Waals surface area (Å²) in [6.45, 7) is 7.85. The maximum absolute atomic E-state index is 10.7. The van der Waals surface area contributed by atoms with Crippen LogP contribution in [-0.4, -0.2) is 12.6 Å². The third-order valence-electron chi connectivity index (χ3n) is 1.06. The molecule has 2 nitrogen and oxygen atoms in total. The van der Waals surface area contributed by atoms with Crippen LogP contribution in [0.1, 0.15) is 26.7 Å². The molecule has 0 bridgehead atoms. The van der Waals surface area contributed by atoms with Crippen LogP contribution in [0.15, 0.2) is 12.2 Å². The summed E-state index contributed by atoms with van der Waals surface area (Å²) >= 11 is 0. The van der Waals surface area contributed by atoms with Crippen molar-refractivity contribution in [2.24, 2.45) is 0 Å². The van der Waals surface area contributed by atoms with Gasteiger partial charge in [-0.2, -0.15) is 0 Å². The topological polar surface area (TPSA) is 26.3 Å². The van der Waals surface area contributed by atoms with Crippen molar-refractivity contribution in [2.75, 3.05) is 6.61 Å². The van der Waals surface area contributed by atoms with Crippen molar-refractivity contribution in [3.05, 3.63) is 12.2 Å². The Morgan fingerprint density at radius 1 is 1.50 bits per heavy atom. The monoisotopic (exact) mass is 142 g/mol. The molecule has 0 aliphatic carbocycles. The van der Waals surface area contributed by atoms with Gasteiger partial charge >= 0.3 is 5.97 Å². The van der Waals surface area contributed by atoms with Gasteiger partial charge in [0.2, 0.25) is 0 Å². The smallest absolute Gasteiger partial charge is 0.306 e. The molecule has 0 aliphatic heterocycles. The summed E-state index contributed by atoms with van der Waals surface area (Å²) in [5, 5.41) is 0. The molecule has 0 saturated heterocycles. The van der Waals surface area contributed by atoms with Crippen LogP contribution < -0.4 is 0 Å². The van der Waals surface area contributed by atoms with Crippen molar-refractivity contribution in [1.29, 1.82) is 0 Å². The lowest BCUT2D eigenvalue weighted by atomic mass is 10.2. The van der Waals surface area contributed by atoms with E-state index in [1.807, 2.05) is 6.92 Å². The van der Waals surface area contributed by atoms with Crippen LogP contribution in [0.4, 0.5) is 0 Å². The van der Waals surface area contributed by atoms with Gasteiger partial charge in [0.25, 0.3) is 0 Å². The predicted molar refractivity (Wildman–Crippen MR) is 40.7 cm³/mol. The molecule has 0 unspecified atom stereocenters. The van der Waals surface area contributed by atoms with Gasteiger partial charge in [-0.3, -0.25) is 4.79 Å². The average molecular weight is 142 g/mol. The van der Waals surface area contributed by atoms with Crippen LogP contribution in [-0.2, 0) is 9.53 Å². The minimum absolute atomic E-state index is 0.134. The summed E-state index contributed by atoms with van der Waals surface area (Å²) in [7, 11) is 0. The molecule has 0 spiro atoms. The minimum atomic E-state index is -0.134. The second-order valence-corrected chi connectivity index (χ2v) is 2.26. The molecule has 0 heterocycles. The third kappa shape index (κ3) is 5.35. The highest BCUT2D eigenvalue weighted by atomic mass is 16.5. The van der Waals surface area contributed by atoms with Crippen LogP contribution in [0.25, 0.3) is 0 Å². The Morgan fingerprint density at radius 2 is 2.10 bits per heavy atom. The van der Waals surface area contributed by atoms with Crippen LogP contribution in [0.5, 0.6) is 0 Å². The maximum atomic E-state index is 10.7. The van der Waals surface area contributed by atoms with E-state index < -0.39 is 0 Å². The molecular formula is C8H14O2. The molecule has 0 fully saturated rings. The second kappa shape index (κ2) is 5.03. The van der Waals surface area contributed by atoms with E-state index in [4.69, 9.17) is 4.74 Å². The van der Waals surface area contributed by atoms with Crippen LogP contribution >= 0.6 is 0 Å². The number of hydrogen-bond acceptors (Lipinski definition) is 2. The lowest BCUT2D eigenvalue weighted by molar-refractivity contribution is -0.143. The first-order chi connectivity index (χ1) is 4.66. The lowest BCUT2D eigenvalue weighted by Gasteiger charge is -1.99. The Kier molecular flexibility index (Phi) is 4.63. The number of rotatable bonds is 4. The zero-order valence-corrected chi connectivity index (χ0v) is 6.64. The molecule has 0 atom stereocenters. The van der Waals surface area contributed by atoms with Crippen molar-refractivity contribution in [3.8, 4) is 0 Å². The molecule has 0 aromatic rings. The molecule has 0 radical (unpaired) electrons. The van der Waals surface area contributed by atoms with E-state index in [-0.39, 0.29) is 5.97 Å². The van der Waals surface area contributed by atoms with Gasteiger partial charge in [0.1, 0.15) is 0 Å². The SMILES string of the molecule is C=C(C)CCC(=O)OCC. The Morgan fingerprint density at radius 3 is 2.50 bits per heavy atom. The Bertz CT molecular complexity index is 127. The molecule has 58 valence electrons. The molecule has 10 heavy (non-hydrogen) atoms. The van der Waals surface area contributed by atoms with Crippen molar-refractivity contribution >= 4 is 5.97 Å². The van der Waals surface area contributed by atoms with E-state index in [1.54, 1.807) is 6.92 Å². The largest absolute Gasteiger partial charge is 0.466 e. The van der Waals surface area contributed by atoms with E-state index >= 15 is 0 Å². The molecule has 0 aromatic heterocycles. The Balaban J connectivity index is 3.30. The van der Waals surface area contributed by atoms with Crippen LogP contribution in [0.2, 0.25) is 0 Å². The molecular weight excluding hydrogens is 128 g/mol. The Labute approximate surface area is 61.9 Å². The highest BCUT2D eigenvalue weighted by Crippen LogP contribution is 2.00. The standard InChI is InChI=1S/C8H14O2/c1-4-10-8(9)6-5-7(2)3/h2,4-6H2,1,3H3. The minimum Gasteiger partial charge on any atom is -0.466 e. The van der Waals surface area contributed by atoms with E-state index in [1.165, 1.54) is 0 Å². The third-order valence-corrected chi connectivity index (χ3v) is 1.06. The molecule has 0 aliphatic rings. The molecule has 0 amide bonds. The first-order valence-corrected chi connectivity index (χ1v) is 3.46. The summed E-state index contributed by atoms with van der Waals surface area (Å²) in [6.07, 6.45) is 1.20. The van der Waals surface area contributed by atoms with Gasteiger partial charge < -0.3 is 4.74 Å². The van der Waals surface area contributed by atoms with Crippen molar-refractivity contribution < 1.29 is 9.53 Å². The van der Waals surface area contributed by atoms with Crippen LogP contribution in [0, 0.1) is 0 Å². The van der Waals surface area contributed by atoms with Crippen LogP contribution in [0.3, 0.4) is 0 Å². The van der Waals surface area contributed by atoms with Crippen molar-refractivity contribution in [2.45, 2.75) is 26.7 Å². The molecule has 0 saturated carbocycles. The summed E-state index contributed by atoms with van der Waals surface area (Å²) in [4.78, 5) is 10.7. The van der Waals surface area contributed by atoms with Crippen molar-refractivity contribution in [1.82, 2.24) is 0 Å². The fourth-order valence-corrected chi connectivity index (χ4v) is 0.549. The fraction of sp³-hybridized carbons (Fsp3) is 0.625. The van der Waals surface area contributed by atoms with E-state index in [0.29, 0.717) is 13.0 Å². The van der Waals surface area contributed by atoms with E-state index in [0.717, 1.165) is 12.0 Å². The first-order valence-electron chi connectivity index (χ1n) is 3.46. The second-order valence-electron chi connectivity index (χ2n) is 2.26. The van der Waals surface area contributed by atoms with Gasteiger partial charge in [-0.1, -0.05) is 5.57 Å². The predicted octanol–water partition coefficient (Wildman–Crippen LogP) is 1.91. The number of carbonyl (C=O) groups is 1. The maximum Gasteiger partial charge on any atom is 0.306 e. The zero-order chi connectivity index (χ0) is 7.98. The summed E-state index contributed by atoms with van der Waals surface area (Å²) in [6, 6.07) is 0. The molecule has 2 heteroatoms. The zero-order valence-electron chi connectivity index (χ0n) is 6.64. The fourth-order valence-electron chi connectivity index (χ4n) is 0.549.